The number of H-pyrrole nitrogens is 1. The van der Waals surface area contributed by atoms with Crippen LogP contribution in [-0.2, 0) is 6.42 Å². The fraction of sp³-hybridized carbons (Fsp3) is 0.276. The topological polar surface area (TPSA) is 85.9 Å². The average Bonchev–Trinajstić information content (AvgIpc) is 3.55. The predicted molar refractivity (Wildman–Crippen MR) is 141 cm³/mol. The SMILES string of the molecule is Cc1ccc(C(=O)Nc2ccc3c(c2)CCC3N2CCNCC2)cc1C#Cc1cnc2[nH]ccc2n1. The Morgan fingerprint density at radius 1 is 1.11 bits per heavy atom. The molecule has 3 heterocycles. The first-order chi connectivity index (χ1) is 17.6. The van der Waals surface area contributed by atoms with Crippen LogP contribution in [0.5, 0.6) is 0 Å². The number of aryl methyl sites for hydroxylation is 2. The van der Waals surface area contributed by atoms with Crippen LogP contribution in [0.15, 0.2) is 54.9 Å². The molecule has 2 aliphatic rings. The second kappa shape index (κ2) is 9.57. The van der Waals surface area contributed by atoms with Gasteiger partial charge in [0, 0.05) is 55.2 Å². The molecule has 3 N–H and O–H groups in total. The standard InChI is InChI=1S/C29H28N6O/c1-19-2-3-22(16-20(19)4-6-24-18-32-28-26(33-24)10-11-31-28)29(36)34-23-7-8-25-21(17-23)5-9-27(25)35-14-12-30-13-15-35/h2-3,7-8,10-11,16-18,27,30H,5,9,12-15H2,1H3,(H,31,32)(H,34,36). The summed E-state index contributed by atoms with van der Waals surface area (Å²) >= 11 is 0. The van der Waals surface area contributed by atoms with Crippen LogP contribution in [0, 0.1) is 18.8 Å². The lowest BCUT2D eigenvalue weighted by Gasteiger charge is -2.33. The van der Waals surface area contributed by atoms with Crippen LogP contribution in [0.1, 0.15) is 50.8 Å². The number of carbonyl (C=O) groups excluding carboxylic acids is 1. The maximum atomic E-state index is 13.1. The molecule has 1 aliphatic heterocycles. The van der Waals surface area contributed by atoms with E-state index in [9.17, 15) is 4.79 Å². The molecule has 0 bridgehead atoms. The zero-order chi connectivity index (χ0) is 24.5. The zero-order valence-corrected chi connectivity index (χ0v) is 20.3. The second-order valence-corrected chi connectivity index (χ2v) is 9.45. The third-order valence-corrected chi connectivity index (χ3v) is 7.13. The van der Waals surface area contributed by atoms with Gasteiger partial charge in [-0.25, -0.2) is 9.97 Å². The second-order valence-electron chi connectivity index (χ2n) is 9.45. The highest BCUT2D eigenvalue weighted by molar-refractivity contribution is 6.04. The number of hydrogen-bond acceptors (Lipinski definition) is 5. The van der Waals surface area contributed by atoms with E-state index >= 15 is 0 Å². The van der Waals surface area contributed by atoms with E-state index in [4.69, 9.17) is 0 Å². The molecule has 4 aromatic rings. The summed E-state index contributed by atoms with van der Waals surface area (Å²) in [7, 11) is 0. The number of nitrogens with zero attached hydrogens (tertiary/aromatic N) is 3. The molecule has 7 nitrogen and oxygen atoms in total. The first-order valence-electron chi connectivity index (χ1n) is 12.5. The van der Waals surface area contributed by atoms with Crippen molar-refractivity contribution in [2.24, 2.45) is 0 Å². The summed E-state index contributed by atoms with van der Waals surface area (Å²) in [5.74, 6) is 6.11. The van der Waals surface area contributed by atoms with Gasteiger partial charge < -0.3 is 15.6 Å². The average molecular weight is 477 g/mol. The number of piperazine rings is 1. The van der Waals surface area contributed by atoms with Crippen molar-refractivity contribution in [1.29, 1.82) is 0 Å². The number of nitrogens with one attached hydrogen (secondary N) is 3. The summed E-state index contributed by atoms with van der Waals surface area (Å²) in [6, 6.07) is 14.3. The van der Waals surface area contributed by atoms with Gasteiger partial charge in [0.05, 0.1) is 6.20 Å². The van der Waals surface area contributed by atoms with Gasteiger partial charge in [0.25, 0.3) is 5.91 Å². The first-order valence-corrected chi connectivity index (χ1v) is 12.5. The Bertz CT molecular complexity index is 1510. The molecule has 1 unspecified atom stereocenters. The smallest absolute Gasteiger partial charge is 0.255 e. The molecular formula is C29H28N6O. The van der Waals surface area contributed by atoms with Gasteiger partial charge in [-0.2, -0.15) is 0 Å². The molecule has 1 aliphatic carbocycles. The Morgan fingerprint density at radius 3 is 2.89 bits per heavy atom. The third kappa shape index (κ3) is 4.49. The highest BCUT2D eigenvalue weighted by atomic mass is 16.1. The number of hydrogen-bond donors (Lipinski definition) is 3. The van der Waals surface area contributed by atoms with Gasteiger partial charge in [0.2, 0.25) is 0 Å². The molecule has 180 valence electrons. The number of carbonyl (C=O) groups is 1. The molecule has 0 radical (unpaired) electrons. The van der Waals surface area contributed by atoms with E-state index in [2.05, 4.69) is 54.5 Å². The first kappa shape index (κ1) is 22.5. The van der Waals surface area contributed by atoms with Gasteiger partial charge in [-0.15, -0.1) is 0 Å². The van der Waals surface area contributed by atoms with E-state index in [0.717, 1.165) is 67.0 Å². The molecule has 1 amide bonds. The van der Waals surface area contributed by atoms with Crippen LogP contribution < -0.4 is 10.6 Å². The van der Waals surface area contributed by atoms with E-state index < -0.39 is 0 Å². The van der Waals surface area contributed by atoms with Crippen LogP contribution >= 0.6 is 0 Å². The summed E-state index contributed by atoms with van der Waals surface area (Å²) in [6.07, 6.45) is 5.65. The fourth-order valence-corrected chi connectivity index (χ4v) is 5.17. The van der Waals surface area contributed by atoms with E-state index in [1.165, 1.54) is 11.1 Å². The quantitative estimate of drug-likeness (QED) is 0.392. The van der Waals surface area contributed by atoms with Crippen LogP contribution in [0.4, 0.5) is 5.69 Å². The van der Waals surface area contributed by atoms with E-state index in [-0.39, 0.29) is 5.91 Å². The monoisotopic (exact) mass is 476 g/mol. The maximum Gasteiger partial charge on any atom is 0.255 e. The van der Waals surface area contributed by atoms with Crippen LogP contribution in [0.25, 0.3) is 11.2 Å². The minimum atomic E-state index is -0.136. The summed E-state index contributed by atoms with van der Waals surface area (Å²) in [5, 5.41) is 6.52. The van der Waals surface area contributed by atoms with E-state index in [0.29, 0.717) is 17.3 Å². The molecule has 1 saturated heterocycles. The largest absolute Gasteiger partial charge is 0.345 e. The molecule has 1 atom stereocenters. The molecule has 2 aromatic heterocycles. The van der Waals surface area contributed by atoms with Gasteiger partial charge in [0.15, 0.2) is 5.65 Å². The summed E-state index contributed by atoms with van der Waals surface area (Å²) in [5.41, 5.74) is 8.07. The van der Waals surface area contributed by atoms with Gasteiger partial charge in [0.1, 0.15) is 11.2 Å². The Labute approximate surface area is 210 Å². The Hall–Kier alpha value is -3.99. The Morgan fingerprint density at radius 2 is 2.00 bits per heavy atom. The van der Waals surface area contributed by atoms with Crippen molar-refractivity contribution in [2.45, 2.75) is 25.8 Å². The van der Waals surface area contributed by atoms with E-state index in [1.54, 1.807) is 12.4 Å². The molecule has 1 fully saturated rings. The lowest BCUT2D eigenvalue weighted by atomic mass is 10.0. The van der Waals surface area contributed by atoms with Crippen molar-refractivity contribution < 1.29 is 4.79 Å². The zero-order valence-electron chi connectivity index (χ0n) is 20.3. The predicted octanol–water partition coefficient (Wildman–Crippen LogP) is 3.81. The fourth-order valence-electron chi connectivity index (χ4n) is 5.17. The Kier molecular flexibility index (Phi) is 5.98. The highest BCUT2D eigenvalue weighted by Crippen LogP contribution is 2.37. The lowest BCUT2D eigenvalue weighted by molar-refractivity contribution is 0.102. The van der Waals surface area contributed by atoms with Gasteiger partial charge in [-0.05, 0) is 72.7 Å². The van der Waals surface area contributed by atoms with Crippen LogP contribution in [0.2, 0.25) is 0 Å². The normalized spacial score (nSPS) is 17.4. The van der Waals surface area contributed by atoms with Crippen LogP contribution in [-0.4, -0.2) is 51.9 Å². The Balaban J connectivity index is 1.18. The number of fused-ring (bicyclic) bond motifs is 2. The lowest BCUT2D eigenvalue weighted by Crippen LogP contribution is -2.44. The minimum Gasteiger partial charge on any atom is -0.345 e. The number of benzene rings is 2. The van der Waals surface area contributed by atoms with Gasteiger partial charge >= 0.3 is 0 Å². The molecular weight excluding hydrogens is 448 g/mol. The van der Waals surface area contributed by atoms with Crippen molar-refractivity contribution >= 4 is 22.8 Å². The highest BCUT2D eigenvalue weighted by Gasteiger charge is 2.28. The number of aromatic amines is 1. The van der Waals surface area contributed by atoms with Crippen molar-refractivity contribution in [1.82, 2.24) is 25.2 Å². The number of aromatic nitrogens is 3. The molecule has 0 saturated carbocycles. The van der Waals surface area contributed by atoms with Gasteiger partial charge in [-0.3, -0.25) is 9.69 Å². The van der Waals surface area contributed by atoms with Gasteiger partial charge in [-0.1, -0.05) is 18.1 Å². The molecule has 0 spiro atoms. The van der Waals surface area contributed by atoms with E-state index in [1.807, 2.05) is 37.3 Å². The summed E-state index contributed by atoms with van der Waals surface area (Å²) in [4.78, 5) is 27.5. The van der Waals surface area contributed by atoms with Crippen molar-refractivity contribution in [3.05, 3.63) is 88.4 Å². The summed E-state index contributed by atoms with van der Waals surface area (Å²) < 4.78 is 0. The molecule has 2 aromatic carbocycles. The number of amides is 1. The minimum absolute atomic E-state index is 0.136. The molecule has 6 rings (SSSR count). The molecule has 36 heavy (non-hydrogen) atoms. The van der Waals surface area contributed by atoms with Crippen molar-refractivity contribution in [2.75, 3.05) is 31.5 Å². The number of rotatable bonds is 3. The maximum absolute atomic E-state index is 13.1. The van der Waals surface area contributed by atoms with Crippen molar-refractivity contribution in [3.8, 4) is 11.8 Å². The van der Waals surface area contributed by atoms with Crippen LogP contribution in [0.3, 0.4) is 0 Å². The third-order valence-electron chi connectivity index (χ3n) is 7.13. The summed E-state index contributed by atoms with van der Waals surface area (Å²) in [6.45, 7) is 6.28. The molecule has 7 heteroatoms. The number of anilines is 1. The van der Waals surface area contributed by atoms with Crippen molar-refractivity contribution in [3.63, 3.8) is 0 Å².